The number of anilines is 2. The average molecular weight is 529 g/mol. The molecule has 7 nitrogen and oxygen atoms in total. The molecule has 196 valence electrons. The Kier molecular flexibility index (Phi) is 7.46. The summed E-state index contributed by atoms with van der Waals surface area (Å²) in [5.41, 5.74) is -0.0327. The summed E-state index contributed by atoms with van der Waals surface area (Å²) in [5.74, 6) is -1.66. The number of hydrogen-bond donors (Lipinski definition) is 1. The van der Waals surface area contributed by atoms with E-state index in [1.165, 1.54) is 25.2 Å². The van der Waals surface area contributed by atoms with Crippen LogP contribution < -0.4 is 14.5 Å². The van der Waals surface area contributed by atoms with Crippen molar-refractivity contribution < 1.29 is 30.8 Å². The van der Waals surface area contributed by atoms with E-state index in [0.29, 0.717) is 30.0 Å². The summed E-state index contributed by atoms with van der Waals surface area (Å²) in [4.78, 5) is 19.0. The van der Waals surface area contributed by atoms with Crippen molar-refractivity contribution in [3.05, 3.63) is 53.3 Å². The first-order valence-corrected chi connectivity index (χ1v) is 13.2. The molecule has 12 heteroatoms. The fourth-order valence-electron chi connectivity index (χ4n) is 4.65. The number of benzene rings is 2. The molecule has 0 saturated carbocycles. The average Bonchev–Trinajstić information content (AvgIpc) is 2.87. The molecule has 0 aliphatic carbocycles. The molecule has 0 aromatic heterocycles. The van der Waals surface area contributed by atoms with Gasteiger partial charge >= 0.3 is 6.18 Å². The largest absolute Gasteiger partial charge is 0.419 e. The van der Waals surface area contributed by atoms with E-state index in [4.69, 9.17) is 0 Å². The number of carbonyl (C=O) groups excluding carboxylic acids is 1. The number of nitrogens with one attached hydrogen (secondary N) is 1. The lowest BCUT2D eigenvalue weighted by Crippen LogP contribution is -2.49. The fourth-order valence-corrected chi connectivity index (χ4v) is 5.41. The summed E-state index contributed by atoms with van der Waals surface area (Å²) in [7, 11) is -2.45. The zero-order chi connectivity index (χ0) is 26.1. The molecular weight excluding hydrogens is 500 g/mol. The van der Waals surface area contributed by atoms with Gasteiger partial charge < -0.3 is 14.7 Å². The molecule has 2 aromatic rings. The maximum Gasteiger partial charge on any atom is 0.419 e. The maximum absolute atomic E-state index is 14.0. The standard InChI is InChI=1S/C24H28F4N4O3S/c1-29-36(34,35)18-6-8-22(31-9-3-2-4-10-31)19(16-18)23(33)32-13-11-30(12-14-32)17-5-7-20(21(25)15-17)24(26,27)28/h5-8,15-16,29H,2-4,9-14H2,1H3. The monoisotopic (exact) mass is 528 g/mol. The molecule has 2 aromatic carbocycles. The Morgan fingerprint density at radius 3 is 2.14 bits per heavy atom. The zero-order valence-corrected chi connectivity index (χ0v) is 20.6. The number of amides is 1. The van der Waals surface area contributed by atoms with Gasteiger partial charge in [0.15, 0.2) is 0 Å². The van der Waals surface area contributed by atoms with Crippen molar-refractivity contribution in [2.75, 3.05) is 56.1 Å². The predicted molar refractivity (Wildman–Crippen MR) is 128 cm³/mol. The molecule has 36 heavy (non-hydrogen) atoms. The molecule has 4 rings (SSSR count). The smallest absolute Gasteiger partial charge is 0.371 e. The van der Waals surface area contributed by atoms with Gasteiger partial charge in [0.25, 0.3) is 5.91 Å². The third-order valence-electron chi connectivity index (χ3n) is 6.66. The molecule has 2 saturated heterocycles. The van der Waals surface area contributed by atoms with Crippen LogP contribution in [0.15, 0.2) is 41.3 Å². The van der Waals surface area contributed by atoms with Crippen molar-refractivity contribution in [1.82, 2.24) is 9.62 Å². The summed E-state index contributed by atoms with van der Waals surface area (Å²) >= 11 is 0. The van der Waals surface area contributed by atoms with E-state index in [1.807, 2.05) is 0 Å². The quantitative estimate of drug-likeness (QED) is 0.600. The molecule has 2 heterocycles. The van der Waals surface area contributed by atoms with Crippen molar-refractivity contribution in [3.63, 3.8) is 0 Å². The molecule has 2 aliphatic rings. The second kappa shape index (κ2) is 10.3. The van der Waals surface area contributed by atoms with Crippen LogP contribution in [0.25, 0.3) is 0 Å². The number of hydrogen-bond acceptors (Lipinski definition) is 5. The van der Waals surface area contributed by atoms with E-state index in [2.05, 4.69) is 9.62 Å². The molecule has 2 aliphatic heterocycles. The Labute approximate surface area is 207 Å². The fraction of sp³-hybridized carbons (Fsp3) is 0.458. The highest BCUT2D eigenvalue weighted by atomic mass is 32.2. The van der Waals surface area contributed by atoms with Crippen LogP contribution in [0.5, 0.6) is 0 Å². The zero-order valence-electron chi connectivity index (χ0n) is 19.8. The highest BCUT2D eigenvalue weighted by Gasteiger charge is 2.34. The Balaban J connectivity index is 1.54. The third-order valence-corrected chi connectivity index (χ3v) is 8.08. The van der Waals surface area contributed by atoms with Gasteiger partial charge in [-0.25, -0.2) is 17.5 Å². The lowest BCUT2D eigenvalue weighted by molar-refractivity contribution is -0.139. The van der Waals surface area contributed by atoms with E-state index in [0.717, 1.165) is 44.5 Å². The summed E-state index contributed by atoms with van der Waals surface area (Å²) in [6.07, 6.45) is -1.72. The number of alkyl halides is 3. The van der Waals surface area contributed by atoms with Gasteiger partial charge in [0, 0.05) is 50.6 Å². The molecule has 2 fully saturated rings. The molecule has 1 N–H and O–H groups in total. The lowest BCUT2D eigenvalue weighted by Gasteiger charge is -2.37. The second-order valence-electron chi connectivity index (χ2n) is 8.88. The van der Waals surface area contributed by atoms with E-state index < -0.39 is 27.6 Å². The van der Waals surface area contributed by atoms with Gasteiger partial charge in [0.1, 0.15) is 5.82 Å². The van der Waals surface area contributed by atoms with Crippen molar-refractivity contribution >= 4 is 27.3 Å². The van der Waals surface area contributed by atoms with Gasteiger partial charge in [0.05, 0.1) is 16.0 Å². The van der Waals surface area contributed by atoms with Crippen molar-refractivity contribution in [1.29, 1.82) is 0 Å². The normalized spacial score (nSPS) is 17.4. The van der Waals surface area contributed by atoms with Crippen molar-refractivity contribution in [2.45, 2.75) is 30.3 Å². The molecule has 1 amide bonds. The Hall–Kier alpha value is -2.86. The van der Waals surface area contributed by atoms with Gasteiger partial charge in [-0.15, -0.1) is 0 Å². The lowest BCUT2D eigenvalue weighted by atomic mass is 10.1. The second-order valence-corrected chi connectivity index (χ2v) is 10.8. The Bertz CT molecular complexity index is 1220. The number of nitrogens with zero attached hydrogens (tertiary/aromatic N) is 3. The van der Waals surface area contributed by atoms with Crippen molar-refractivity contribution in [2.24, 2.45) is 0 Å². The van der Waals surface area contributed by atoms with Crippen LogP contribution >= 0.6 is 0 Å². The van der Waals surface area contributed by atoms with E-state index in [1.54, 1.807) is 15.9 Å². The number of rotatable bonds is 5. The van der Waals surface area contributed by atoms with Crippen LogP contribution in [0.4, 0.5) is 28.9 Å². The van der Waals surface area contributed by atoms with Crippen LogP contribution in [0, 0.1) is 5.82 Å². The first-order chi connectivity index (χ1) is 17.0. The SMILES string of the molecule is CNS(=O)(=O)c1ccc(N2CCCCC2)c(C(=O)N2CCN(c3ccc(C(F)(F)F)c(F)c3)CC2)c1. The van der Waals surface area contributed by atoms with Gasteiger partial charge in [-0.05, 0) is 62.7 Å². The van der Waals surface area contributed by atoms with E-state index >= 15 is 0 Å². The predicted octanol–water partition coefficient (Wildman–Crippen LogP) is 3.71. The molecule has 0 unspecified atom stereocenters. The molecular formula is C24H28F4N4O3S. The molecule has 0 bridgehead atoms. The highest BCUT2D eigenvalue weighted by molar-refractivity contribution is 7.89. The Morgan fingerprint density at radius 1 is 0.889 bits per heavy atom. The van der Waals surface area contributed by atoms with Gasteiger partial charge in [-0.1, -0.05) is 0 Å². The van der Waals surface area contributed by atoms with E-state index in [9.17, 15) is 30.8 Å². The minimum Gasteiger partial charge on any atom is -0.371 e. The van der Waals surface area contributed by atoms with Crippen LogP contribution in [0.2, 0.25) is 0 Å². The topological polar surface area (TPSA) is 73.0 Å². The highest BCUT2D eigenvalue weighted by Crippen LogP contribution is 2.34. The van der Waals surface area contributed by atoms with Gasteiger partial charge in [-0.3, -0.25) is 4.79 Å². The van der Waals surface area contributed by atoms with Gasteiger partial charge in [0.2, 0.25) is 10.0 Å². The number of sulfonamides is 1. The number of carbonyl (C=O) groups is 1. The summed E-state index contributed by atoms with van der Waals surface area (Å²) in [6, 6.07) is 7.37. The number of piperidine rings is 1. The van der Waals surface area contributed by atoms with Crippen LogP contribution in [-0.2, 0) is 16.2 Å². The van der Waals surface area contributed by atoms with Crippen molar-refractivity contribution in [3.8, 4) is 0 Å². The summed E-state index contributed by atoms with van der Waals surface area (Å²) in [6.45, 7) is 2.64. The first-order valence-electron chi connectivity index (χ1n) is 11.7. The maximum atomic E-state index is 14.0. The van der Waals surface area contributed by atoms with E-state index in [-0.39, 0.29) is 23.9 Å². The van der Waals surface area contributed by atoms with Crippen LogP contribution in [0.3, 0.4) is 0 Å². The summed E-state index contributed by atoms with van der Waals surface area (Å²) < 4.78 is 79.7. The summed E-state index contributed by atoms with van der Waals surface area (Å²) in [5, 5.41) is 0. The number of halogens is 4. The molecule has 0 spiro atoms. The first kappa shape index (κ1) is 26.2. The Morgan fingerprint density at radius 2 is 1.56 bits per heavy atom. The minimum atomic E-state index is -4.77. The minimum absolute atomic E-state index is 0.00650. The third kappa shape index (κ3) is 5.44. The number of piperazine rings is 1. The van der Waals surface area contributed by atoms with Gasteiger partial charge in [-0.2, -0.15) is 13.2 Å². The molecule has 0 radical (unpaired) electrons. The molecule has 0 atom stereocenters. The van der Waals surface area contributed by atoms with Crippen LogP contribution in [-0.4, -0.2) is 65.5 Å². The van der Waals surface area contributed by atoms with Crippen LogP contribution in [0.1, 0.15) is 35.2 Å².